The maximum Gasteiger partial charge on any atom is 0.304 e. The molecule has 2 aromatic carbocycles. The van der Waals surface area contributed by atoms with E-state index in [9.17, 15) is 4.79 Å². The number of aliphatic carboxylic acids is 1. The monoisotopic (exact) mass is 367 g/mol. The fourth-order valence-electron chi connectivity index (χ4n) is 2.89. The van der Waals surface area contributed by atoms with E-state index < -0.39 is 5.97 Å². The minimum absolute atomic E-state index is 0.166. The first-order valence-electron chi connectivity index (χ1n) is 9.48. The van der Waals surface area contributed by atoms with Crippen molar-refractivity contribution >= 4 is 5.97 Å². The molecule has 2 aromatic rings. The molecular formula is C23H29NO3. The van der Waals surface area contributed by atoms with Crippen molar-refractivity contribution in [3.05, 3.63) is 78.4 Å². The summed E-state index contributed by atoms with van der Waals surface area (Å²) in [7, 11) is 0. The number of hydrogen-bond donors (Lipinski definition) is 1. The molecule has 4 heteroatoms. The molecule has 0 aliphatic rings. The zero-order valence-corrected chi connectivity index (χ0v) is 15.8. The van der Waals surface area contributed by atoms with Crippen LogP contribution in [0.5, 0.6) is 5.75 Å². The van der Waals surface area contributed by atoms with Crippen LogP contribution in [0.15, 0.2) is 67.3 Å². The van der Waals surface area contributed by atoms with Crippen molar-refractivity contribution in [1.29, 1.82) is 0 Å². The second kappa shape index (κ2) is 11.9. The fraction of sp³-hybridized carbons (Fsp3) is 0.348. The molecule has 2 rings (SSSR count). The van der Waals surface area contributed by atoms with Gasteiger partial charge in [-0.1, -0.05) is 48.5 Å². The van der Waals surface area contributed by atoms with E-state index >= 15 is 0 Å². The Labute approximate surface area is 162 Å². The van der Waals surface area contributed by atoms with Gasteiger partial charge in [0.25, 0.3) is 0 Å². The predicted molar refractivity (Wildman–Crippen MR) is 109 cm³/mol. The van der Waals surface area contributed by atoms with E-state index in [1.165, 1.54) is 11.1 Å². The third-order valence-corrected chi connectivity index (χ3v) is 4.34. The molecule has 0 aromatic heterocycles. The lowest BCUT2D eigenvalue weighted by Gasteiger charge is -2.19. The molecule has 0 saturated carbocycles. The Bertz CT molecular complexity index is 683. The lowest BCUT2D eigenvalue weighted by molar-refractivity contribution is -0.137. The molecule has 0 unspecified atom stereocenters. The summed E-state index contributed by atoms with van der Waals surface area (Å²) in [5.41, 5.74) is 2.57. The number of carbonyl (C=O) groups is 1. The zero-order chi connectivity index (χ0) is 19.3. The van der Waals surface area contributed by atoms with E-state index in [0.717, 1.165) is 38.1 Å². The van der Waals surface area contributed by atoms with Crippen LogP contribution in [0.4, 0.5) is 0 Å². The van der Waals surface area contributed by atoms with E-state index in [2.05, 4.69) is 47.9 Å². The lowest BCUT2D eigenvalue weighted by atomic mass is 10.1. The molecule has 0 aliphatic carbocycles. The molecule has 0 spiro atoms. The topological polar surface area (TPSA) is 49.8 Å². The highest BCUT2D eigenvalue weighted by Crippen LogP contribution is 2.15. The van der Waals surface area contributed by atoms with Gasteiger partial charge in [0.1, 0.15) is 5.75 Å². The van der Waals surface area contributed by atoms with Crippen molar-refractivity contribution in [2.24, 2.45) is 0 Å². The maximum atomic E-state index is 10.7. The molecule has 0 aliphatic heterocycles. The van der Waals surface area contributed by atoms with Crippen molar-refractivity contribution in [1.82, 2.24) is 4.90 Å². The van der Waals surface area contributed by atoms with Gasteiger partial charge in [0.05, 0.1) is 13.0 Å². The van der Waals surface area contributed by atoms with Gasteiger partial charge in [0, 0.05) is 13.1 Å². The second-order valence-electron chi connectivity index (χ2n) is 6.59. The van der Waals surface area contributed by atoms with Gasteiger partial charge in [-0.25, -0.2) is 0 Å². The summed E-state index contributed by atoms with van der Waals surface area (Å²) in [6.45, 7) is 6.54. The highest BCUT2D eigenvalue weighted by molar-refractivity contribution is 5.66. The van der Waals surface area contributed by atoms with Crippen LogP contribution in [0.3, 0.4) is 0 Å². The molecule has 1 N–H and O–H groups in total. The van der Waals surface area contributed by atoms with E-state index in [-0.39, 0.29) is 6.42 Å². The highest BCUT2D eigenvalue weighted by atomic mass is 16.5. The molecule has 0 fully saturated rings. The Hall–Kier alpha value is -2.59. The molecule has 0 saturated heterocycles. The number of ether oxygens (including phenoxy) is 1. The van der Waals surface area contributed by atoms with Gasteiger partial charge in [-0.05, 0) is 49.1 Å². The molecule has 0 atom stereocenters. The van der Waals surface area contributed by atoms with Crippen LogP contribution in [0.2, 0.25) is 0 Å². The average Bonchev–Trinajstić information content (AvgIpc) is 2.68. The first-order chi connectivity index (χ1) is 13.2. The fourth-order valence-corrected chi connectivity index (χ4v) is 2.89. The van der Waals surface area contributed by atoms with Crippen LogP contribution in [-0.2, 0) is 11.2 Å². The Kier molecular flexibility index (Phi) is 9.14. The largest absolute Gasteiger partial charge is 0.494 e. The smallest absolute Gasteiger partial charge is 0.304 e. The molecule has 0 radical (unpaired) electrons. The van der Waals surface area contributed by atoms with Crippen molar-refractivity contribution in [3.63, 3.8) is 0 Å². The van der Waals surface area contributed by atoms with Crippen molar-refractivity contribution in [3.8, 4) is 5.75 Å². The van der Waals surface area contributed by atoms with Gasteiger partial charge in [0.15, 0.2) is 0 Å². The van der Waals surface area contributed by atoms with Crippen LogP contribution < -0.4 is 4.74 Å². The Morgan fingerprint density at radius 1 is 1.00 bits per heavy atom. The minimum Gasteiger partial charge on any atom is -0.494 e. The third kappa shape index (κ3) is 8.56. The SMILES string of the molecule is C=CCN(CCCCOc1ccc(Cc2ccccc2)cc1)CCC(=O)O. The molecule has 27 heavy (non-hydrogen) atoms. The summed E-state index contributed by atoms with van der Waals surface area (Å²) in [6.07, 6.45) is 4.82. The average molecular weight is 367 g/mol. The maximum absolute atomic E-state index is 10.7. The van der Waals surface area contributed by atoms with Gasteiger partial charge in [-0.3, -0.25) is 9.69 Å². The van der Waals surface area contributed by atoms with Crippen molar-refractivity contribution in [2.75, 3.05) is 26.2 Å². The van der Waals surface area contributed by atoms with E-state index in [1.807, 2.05) is 24.3 Å². The number of hydrogen-bond acceptors (Lipinski definition) is 3. The Morgan fingerprint density at radius 2 is 1.70 bits per heavy atom. The van der Waals surface area contributed by atoms with E-state index in [1.54, 1.807) is 0 Å². The summed E-state index contributed by atoms with van der Waals surface area (Å²) in [5.74, 6) is 0.128. The summed E-state index contributed by atoms with van der Waals surface area (Å²) < 4.78 is 5.82. The van der Waals surface area contributed by atoms with Gasteiger partial charge in [-0.15, -0.1) is 6.58 Å². The van der Waals surface area contributed by atoms with Crippen LogP contribution in [-0.4, -0.2) is 42.2 Å². The van der Waals surface area contributed by atoms with Crippen molar-refractivity contribution < 1.29 is 14.6 Å². The highest BCUT2D eigenvalue weighted by Gasteiger charge is 2.06. The van der Waals surface area contributed by atoms with Crippen LogP contribution in [0.1, 0.15) is 30.4 Å². The molecule has 144 valence electrons. The quantitative estimate of drug-likeness (QED) is 0.421. The molecule has 0 heterocycles. The van der Waals surface area contributed by atoms with Crippen LogP contribution in [0, 0.1) is 0 Å². The number of carboxylic acids is 1. The van der Waals surface area contributed by atoms with Crippen LogP contribution in [0.25, 0.3) is 0 Å². The number of carboxylic acid groups (broad SMARTS) is 1. The molecule has 4 nitrogen and oxygen atoms in total. The first-order valence-corrected chi connectivity index (χ1v) is 9.48. The lowest BCUT2D eigenvalue weighted by Crippen LogP contribution is -2.28. The summed E-state index contributed by atoms with van der Waals surface area (Å²) in [4.78, 5) is 12.8. The first kappa shape index (κ1) is 20.7. The Balaban J connectivity index is 1.66. The number of nitrogens with zero attached hydrogens (tertiary/aromatic N) is 1. The molecule has 0 amide bonds. The standard InChI is InChI=1S/C23H29NO3/c1-2-15-24(17-14-23(25)26)16-6-7-18-27-22-12-10-21(11-13-22)19-20-8-4-3-5-9-20/h2-5,8-13H,1,6-7,14-19H2,(H,25,26). The minimum atomic E-state index is -0.761. The van der Waals surface area contributed by atoms with Gasteiger partial charge < -0.3 is 9.84 Å². The third-order valence-electron chi connectivity index (χ3n) is 4.34. The van der Waals surface area contributed by atoms with Gasteiger partial charge in [-0.2, -0.15) is 0 Å². The van der Waals surface area contributed by atoms with E-state index in [4.69, 9.17) is 9.84 Å². The predicted octanol–water partition coefficient (Wildman–Crippen LogP) is 4.40. The summed E-state index contributed by atoms with van der Waals surface area (Å²) >= 11 is 0. The molecular weight excluding hydrogens is 338 g/mol. The van der Waals surface area contributed by atoms with Gasteiger partial charge in [0.2, 0.25) is 0 Å². The molecule has 0 bridgehead atoms. The summed E-state index contributed by atoms with van der Waals surface area (Å²) in [5, 5.41) is 8.80. The van der Waals surface area contributed by atoms with Crippen molar-refractivity contribution in [2.45, 2.75) is 25.7 Å². The number of benzene rings is 2. The normalized spacial score (nSPS) is 10.7. The Morgan fingerprint density at radius 3 is 2.37 bits per heavy atom. The second-order valence-corrected chi connectivity index (χ2v) is 6.59. The summed E-state index contributed by atoms with van der Waals surface area (Å²) in [6, 6.07) is 18.7. The van der Waals surface area contributed by atoms with Crippen LogP contribution >= 0.6 is 0 Å². The number of rotatable bonds is 13. The number of unbranched alkanes of at least 4 members (excludes halogenated alkanes) is 1. The van der Waals surface area contributed by atoms with E-state index in [0.29, 0.717) is 13.2 Å². The zero-order valence-electron chi connectivity index (χ0n) is 15.8. The van der Waals surface area contributed by atoms with Gasteiger partial charge >= 0.3 is 5.97 Å².